The van der Waals surface area contributed by atoms with E-state index in [2.05, 4.69) is 49.6 Å². The molecule has 0 saturated carbocycles. The smallest absolute Gasteiger partial charge is 0.144 e. The quantitative estimate of drug-likeness (QED) is 0.768. The number of fused-ring (bicyclic) bond motifs is 1. The lowest BCUT2D eigenvalue weighted by atomic mass is 9.98. The van der Waals surface area contributed by atoms with E-state index in [1.165, 1.54) is 22.3 Å². The van der Waals surface area contributed by atoms with Crippen LogP contribution in [-0.2, 0) is 11.8 Å². The van der Waals surface area contributed by atoms with Gasteiger partial charge in [0.1, 0.15) is 11.6 Å². The Bertz CT molecular complexity index is 947. The van der Waals surface area contributed by atoms with Crippen LogP contribution in [0.4, 0.5) is 5.82 Å². The fourth-order valence-corrected chi connectivity index (χ4v) is 4.02. The summed E-state index contributed by atoms with van der Waals surface area (Å²) in [6, 6.07) is 0. The minimum Gasteiger partial charge on any atom is -0.378 e. The number of hydrogen-bond acceptors (Lipinski definition) is 4. The molecule has 138 valence electrons. The summed E-state index contributed by atoms with van der Waals surface area (Å²) in [5.74, 6) is 2.02. The van der Waals surface area contributed by atoms with Gasteiger partial charge in [0, 0.05) is 20.1 Å². The SMILES string of the molecule is Cc1nn(C)c(N2CCOCC2)c1-c1nc2c(C)c(C)c(C)c(C)c2[nH]1. The zero-order valence-corrected chi connectivity index (χ0v) is 16.5. The first kappa shape index (κ1) is 17.1. The number of H-pyrrole nitrogens is 1. The average Bonchev–Trinajstić information content (AvgIpc) is 3.19. The molecule has 1 aliphatic heterocycles. The molecule has 2 aromatic heterocycles. The zero-order valence-electron chi connectivity index (χ0n) is 16.5. The summed E-state index contributed by atoms with van der Waals surface area (Å²) in [6.07, 6.45) is 0. The first-order valence-electron chi connectivity index (χ1n) is 9.23. The molecule has 0 radical (unpaired) electrons. The fourth-order valence-electron chi connectivity index (χ4n) is 4.02. The van der Waals surface area contributed by atoms with Gasteiger partial charge in [0.05, 0.1) is 35.5 Å². The van der Waals surface area contributed by atoms with Crippen LogP contribution < -0.4 is 4.90 Å². The normalized spacial score (nSPS) is 15.2. The highest BCUT2D eigenvalue weighted by atomic mass is 16.5. The molecule has 1 N–H and O–H groups in total. The molecule has 0 spiro atoms. The fraction of sp³-hybridized carbons (Fsp3) is 0.500. The molecule has 0 amide bonds. The van der Waals surface area contributed by atoms with Crippen LogP contribution in [0.2, 0.25) is 0 Å². The Balaban J connectivity index is 1.94. The van der Waals surface area contributed by atoms with Crippen molar-refractivity contribution >= 4 is 16.9 Å². The number of morpholine rings is 1. The number of ether oxygens (including phenoxy) is 1. The van der Waals surface area contributed by atoms with Crippen LogP contribution in [-0.4, -0.2) is 46.1 Å². The molecule has 1 aromatic carbocycles. The van der Waals surface area contributed by atoms with Gasteiger partial charge in [-0.3, -0.25) is 4.68 Å². The van der Waals surface area contributed by atoms with Crippen LogP contribution in [0, 0.1) is 34.6 Å². The molecule has 1 aliphatic rings. The zero-order chi connectivity index (χ0) is 18.6. The van der Waals surface area contributed by atoms with Gasteiger partial charge < -0.3 is 14.6 Å². The van der Waals surface area contributed by atoms with E-state index in [9.17, 15) is 0 Å². The highest BCUT2D eigenvalue weighted by molar-refractivity contribution is 5.89. The number of imidazole rings is 1. The number of aryl methyl sites for hydroxylation is 4. The maximum Gasteiger partial charge on any atom is 0.144 e. The van der Waals surface area contributed by atoms with Crippen molar-refractivity contribution in [2.75, 3.05) is 31.2 Å². The Hall–Kier alpha value is -2.34. The van der Waals surface area contributed by atoms with E-state index >= 15 is 0 Å². The number of nitrogens with zero attached hydrogens (tertiary/aromatic N) is 4. The predicted molar refractivity (Wildman–Crippen MR) is 105 cm³/mol. The van der Waals surface area contributed by atoms with Gasteiger partial charge in [-0.1, -0.05) is 0 Å². The largest absolute Gasteiger partial charge is 0.378 e. The van der Waals surface area contributed by atoms with E-state index in [1.54, 1.807) is 0 Å². The summed E-state index contributed by atoms with van der Waals surface area (Å²) in [6.45, 7) is 14.0. The van der Waals surface area contributed by atoms with Crippen molar-refractivity contribution < 1.29 is 4.74 Å². The van der Waals surface area contributed by atoms with Crippen molar-refractivity contribution in [2.45, 2.75) is 34.6 Å². The first-order valence-corrected chi connectivity index (χ1v) is 9.23. The van der Waals surface area contributed by atoms with Gasteiger partial charge in [0.15, 0.2) is 0 Å². The summed E-state index contributed by atoms with van der Waals surface area (Å²) in [4.78, 5) is 11.0. The van der Waals surface area contributed by atoms with Gasteiger partial charge >= 0.3 is 0 Å². The second-order valence-electron chi connectivity index (χ2n) is 7.32. The third-order valence-electron chi connectivity index (χ3n) is 5.86. The van der Waals surface area contributed by atoms with E-state index in [4.69, 9.17) is 9.72 Å². The van der Waals surface area contributed by atoms with Gasteiger partial charge in [-0.25, -0.2) is 4.98 Å². The number of nitrogens with one attached hydrogen (secondary N) is 1. The number of anilines is 1. The van der Waals surface area contributed by atoms with Crippen molar-refractivity contribution in [1.82, 2.24) is 19.7 Å². The minimum absolute atomic E-state index is 0.750. The molecule has 0 aliphatic carbocycles. The Morgan fingerprint density at radius 3 is 2.27 bits per heavy atom. The first-order chi connectivity index (χ1) is 12.4. The van der Waals surface area contributed by atoms with Crippen molar-refractivity contribution in [3.05, 3.63) is 27.9 Å². The third-order valence-corrected chi connectivity index (χ3v) is 5.86. The lowest BCUT2D eigenvalue weighted by Gasteiger charge is -2.29. The number of rotatable bonds is 2. The Labute approximate surface area is 154 Å². The molecular weight excluding hydrogens is 326 g/mol. The maximum atomic E-state index is 5.52. The van der Waals surface area contributed by atoms with Crippen molar-refractivity contribution in [3.63, 3.8) is 0 Å². The molecule has 0 unspecified atom stereocenters. The van der Waals surface area contributed by atoms with Gasteiger partial charge in [-0.15, -0.1) is 0 Å². The number of hydrogen-bond donors (Lipinski definition) is 1. The molecule has 6 nitrogen and oxygen atoms in total. The second kappa shape index (κ2) is 6.13. The molecule has 3 aromatic rings. The average molecular weight is 353 g/mol. The number of aromatic nitrogens is 4. The highest BCUT2D eigenvalue weighted by Crippen LogP contribution is 2.36. The molecule has 0 bridgehead atoms. The third kappa shape index (κ3) is 2.43. The van der Waals surface area contributed by atoms with E-state index in [1.807, 2.05) is 11.7 Å². The topological polar surface area (TPSA) is 59.0 Å². The number of benzene rings is 1. The Morgan fingerprint density at radius 2 is 1.58 bits per heavy atom. The Morgan fingerprint density at radius 1 is 0.923 bits per heavy atom. The van der Waals surface area contributed by atoms with Crippen molar-refractivity contribution in [3.8, 4) is 11.4 Å². The lowest BCUT2D eigenvalue weighted by Crippen LogP contribution is -2.37. The predicted octanol–water partition coefficient (Wildman–Crippen LogP) is 3.34. The van der Waals surface area contributed by atoms with E-state index in [0.29, 0.717) is 0 Å². The molecule has 0 atom stereocenters. The van der Waals surface area contributed by atoms with Crippen LogP contribution in [0.1, 0.15) is 27.9 Å². The van der Waals surface area contributed by atoms with Gasteiger partial charge in [-0.2, -0.15) is 5.10 Å². The lowest BCUT2D eigenvalue weighted by molar-refractivity contribution is 0.122. The molecule has 1 fully saturated rings. The van der Waals surface area contributed by atoms with Crippen LogP contribution in [0.15, 0.2) is 0 Å². The van der Waals surface area contributed by atoms with Gasteiger partial charge in [0.2, 0.25) is 0 Å². The monoisotopic (exact) mass is 353 g/mol. The van der Waals surface area contributed by atoms with Crippen molar-refractivity contribution in [2.24, 2.45) is 7.05 Å². The molecule has 3 heterocycles. The van der Waals surface area contributed by atoms with Crippen molar-refractivity contribution in [1.29, 1.82) is 0 Å². The summed E-state index contributed by atoms with van der Waals surface area (Å²) in [5.41, 5.74) is 9.48. The van der Waals surface area contributed by atoms with Gasteiger partial charge in [-0.05, 0) is 56.9 Å². The Kier molecular flexibility index (Phi) is 4.03. The van der Waals surface area contributed by atoms with Crippen LogP contribution in [0.3, 0.4) is 0 Å². The van der Waals surface area contributed by atoms with E-state index < -0.39 is 0 Å². The molecule has 4 rings (SSSR count). The summed E-state index contributed by atoms with van der Waals surface area (Å²) < 4.78 is 7.50. The second-order valence-corrected chi connectivity index (χ2v) is 7.32. The summed E-state index contributed by atoms with van der Waals surface area (Å²) >= 11 is 0. The molecular formula is C20H27N5O. The van der Waals surface area contributed by atoms with Crippen LogP contribution in [0.25, 0.3) is 22.4 Å². The molecule has 1 saturated heterocycles. The van der Waals surface area contributed by atoms with E-state index in [0.717, 1.165) is 60.2 Å². The minimum atomic E-state index is 0.750. The maximum absolute atomic E-state index is 5.52. The van der Waals surface area contributed by atoms with E-state index in [-0.39, 0.29) is 0 Å². The number of aromatic amines is 1. The van der Waals surface area contributed by atoms with Crippen LogP contribution in [0.5, 0.6) is 0 Å². The summed E-state index contributed by atoms with van der Waals surface area (Å²) in [5, 5.41) is 4.69. The molecule has 26 heavy (non-hydrogen) atoms. The van der Waals surface area contributed by atoms with Crippen LogP contribution >= 0.6 is 0 Å². The standard InChI is InChI=1S/C20H27N5O/c1-11-12(2)14(4)18-17(13(11)3)21-19(22-18)16-15(5)23-24(6)20(16)25-7-9-26-10-8-25/h7-10H2,1-6H3,(H,21,22). The summed E-state index contributed by atoms with van der Waals surface area (Å²) in [7, 11) is 2.01. The molecule has 6 heteroatoms. The highest BCUT2D eigenvalue weighted by Gasteiger charge is 2.25. The van der Waals surface area contributed by atoms with Gasteiger partial charge in [0.25, 0.3) is 0 Å².